The molecule has 1 heterocycles. The maximum atomic E-state index is 6.35. The summed E-state index contributed by atoms with van der Waals surface area (Å²) in [7, 11) is 0. The van der Waals surface area contributed by atoms with Crippen molar-refractivity contribution in [3.63, 3.8) is 0 Å². The summed E-state index contributed by atoms with van der Waals surface area (Å²) in [6.07, 6.45) is 3.96. The molecule has 1 unspecified atom stereocenters. The van der Waals surface area contributed by atoms with Gasteiger partial charge in [0.1, 0.15) is 0 Å². The van der Waals surface area contributed by atoms with Crippen LogP contribution >= 0.6 is 0 Å². The van der Waals surface area contributed by atoms with Gasteiger partial charge in [0.2, 0.25) is 6.39 Å². The molecule has 1 atom stereocenters. The molecule has 0 saturated carbocycles. The van der Waals surface area contributed by atoms with Crippen LogP contribution in [0.5, 0.6) is 0 Å². The molecule has 0 bridgehead atoms. The van der Waals surface area contributed by atoms with Gasteiger partial charge in [-0.2, -0.15) is 4.98 Å². The van der Waals surface area contributed by atoms with E-state index in [0.29, 0.717) is 5.82 Å². The fourth-order valence-electron chi connectivity index (χ4n) is 2.34. The molecule has 16 heavy (non-hydrogen) atoms. The Kier molecular flexibility index (Phi) is 2.04. The third-order valence-electron chi connectivity index (χ3n) is 3.27. The van der Waals surface area contributed by atoms with Gasteiger partial charge in [-0.05, 0) is 30.4 Å². The fraction of sp³-hybridized carbons (Fsp3) is 0.333. The van der Waals surface area contributed by atoms with Gasteiger partial charge in [0, 0.05) is 0 Å². The SMILES string of the molecule is NC1(c2ncon2)CCc2ccccc2C1. The van der Waals surface area contributed by atoms with Crippen molar-refractivity contribution >= 4 is 0 Å². The number of nitrogens with two attached hydrogens (primary N) is 1. The Balaban J connectivity index is 1.98. The second kappa shape index (κ2) is 3.42. The minimum absolute atomic E-state index is 0.471. The van der Waals surface area contributed by atoms with E-state index in [2.05, 4.69) is 28.3 Å². The number of hydrogen-bond donors (Lipinski definition) is 1. The molecule has 3 rings (SSSR count). The Labute approximate surface area is 93.5 Å². The minimum Gasteiger partial charge on any atom is -0.343 e. The quantitative estimate of drug-likeness (QED) is 0.781. The first-order valence-electron chi connectivity index (χ1n) is 5.40. The van der Waals surface area contributed by atoms with Gasteiger partial charge >= 0.3 is 0 Å². The maximum absolute atomic E-state index is 6.35. The Morgan fingerprint density at radius 1 is 1.25 bits per heavy atom. The van der Waals surface area contributed by atoms with Crippen LogP contribution in [0.4, 0.5) is 0 Å². The molecule has 4 nitrogen and oxygen atoms in total. The number of rotatable bonds is 1. The maximum Gasteiger partial charge on any atom is 0.213 e. The molecule has 2 aromatic rings. The highest BCUT2D eigenvalue weighted by molar-refractivity contribution is 5.33. The summed E-state index contributed by atoms with van der Waals surface area (Å²) < 4.78 is 4.78. The number of fused-ring (bicyclic) bond motifs is 1. The number of hydrogen-bond acceptors (Lipinski definition) is 4. The molecule has 1 aliphatic rings. The average Bonchev–Trinajstić information content (AvgIpc) is 2.83. The van der Waals surface area contributed by atoms with Crippen LogP contribution in [0, 0.1) is 0 Å². The van der Waals surface area contributed by atoms with Crippen LogP contribution in [-0.4, -0.2) is 10.1 Å². The smallest absolute Gasteiger partial charge is 0.213 e. The van der Waals surface area contributed by atoms with Crippen molar-refractivity contribution < 1.29 is 4.52 Å². The van der Waals surface area contributed by atoms with Crippen molar-refractivity contribution in [1.29, 1.82) is 0 Å². The predicted octanol–water partition coefficient (Wildman–Crippen LogP) is 1.41. The molecular formula is C12H13N3O. The van der Waals surface area contributed by atoms with Gasteiger partial charge in [-0.1, -0.05) is 29.4 Å². The normalized spacial score (nSPS) is 24.1. The molecule has 0 fully saturated rings. The first kappa shape index (κ1) is 9.54. The van der Waals surface area contributed by atoms with Crippen LogP contribution in [0.1, 0.15) is 23.4 Å². The second-order valence-electron chi connectivity index (χ2n) is 4.36. The zero-order valence-corrected chi connectivity index (χ0v) is 8.89. The highest BCUT2D eigenvalue weighted by atomic mass is 16.5. The molecule has 2 N–H and O–H groups in total. The van der Waals surface area contributed by atoms with Crippen LogP contribution in [0.15, 0.2) is 35.2 Å². The van der Waals surface area contributed by atoms with Crippen molar-refractivity contribution in [2.45, 2.75) is 24.8 Å². The predicted molar refractivity (Wildman–Crippen MR) is 58.6 cm³/mol. The lowest BCUT2D eigenvalue weighted by Gasteiger charge is -2.31. The number of aromatic nitrogens is 2. The zero-order valence-electron chi connectivity index (χ0n) is 8.89. The van der Waals surface area contributed by atoms with E-state index in [1.165, 1.54) is 17.5 Å². The summed E-state index contributed by atoms with van der Waals surface area (Å²) in [6.45, 7) is 0. The molecule has 0 amide bonds. The van der Waals surface area contributed by atoms with Crippen molar-refractivity contribution in [2.75, 3.05) is 0 Å². The van der Waals surface area contributed by atoms with E-state index >= 15 is 0 Å². The Morgan fingerprint density at radius 2 is 2.06 bits per heavy atom. The molecule has 4 heteroatoms. The standard InChI is InChI=1S/C12H13N3O/c13-12(11-14-8-16-15-11)6-5-9-3-1-2-4-10(9)7-12/h1-4,8H,5-7,13H2. The number of nitrogens with zero attached hydrogens (tertiary/aromatic N) is 2. The molecule has 0 saturated heterocycles. The summed E-state index contributed by atoms with van der Waals surface area (Å²) in [5, 5.41) is 3.87. The molecule has 0 aliphatic heterocycles. The zero-order chi connectivity index (χ0) is 11.0. The van der Waals surface area contributed by atoms with Crippen molar-refractivity contribution in [3.8, 4) is 0 Å². The van der Waals surface area contributed by atoms with E-state index in [1.54, 1.807) is 0 Å². The van der Waals surface area contributed by atoms with E-state index in [9.17, 15) is 0 Å². The van der Waals surface area contributed by atoms with Crippen LogP contribution in [-0.2, 0) is 18.4 Å². The second-order valence-corrected chi connectivity index (χ2v) is 4.36. The third-order valence-corrected chi connectivity index (χ3v) is 3.27. The van der Waals surface area contributed by atoms with Crippen molar-refractivity contribution in [1.82, 2.24) is 10.1 Å². The lowest BCUT2D eigenvalue weighted by molar-refractivity contribution is 0.333. The van der Waals surface area contributed by atoms with E-state index in [4.69, 9.17) is 10.3 Å². The van der Waals surface area contributed by atoms with Gasteiger partial charge in [-0.25, -0.2) is 0 Å². The van der Waals surface area contributed by atoms with Gasteiger partial charge in [-0.3, -0.25) is 0 Å². The van der Waals surface area contributed by atoms with E-state index in [1.807, 2.05) is 6.07 Å². The Hall–Kier alpha value is -1.68. The summed E-state index contributed by atoms with van der Waals surface area (Å²) in [5.41, 5.74) is 8.56. The van der Waals surface area contributed by atoms with Crippen LogP contribution in [0.3, 0.4) is 0 Å². The van der Waals surface area contributed by atoms with Crippen LogP contribution < -0.4 is 5.73 Å². The molecule has 1 aromatic carbocycles. The summed E-state index contributed by atoms with van der Waals surface area (Å²) in [4.78, 5) is 4.08. The van der Waals surface area contributed by atoms with Gasteiger partial charge in [-0.15, -0.1) is 0 Å². The fourth-order valence-corrected chi connectivity index (χ4v) is 2.34. The van der Waals surface area contributed by atoms with Gasteiger partial charge in [0.15, 0.2) is 5.82 Å². The molecule has 82 valence electrons. The van der Waals surface area contributed by atoms with Crippen molar-refractivity contribution in [3.05, 3.63) is 47.6 Å². The van der Waals surface area contributed by atoms with Crippen LogP contribution in [0.25, 0.3) is 0 Å². The summed E-state index contributed by atoms with van der Waals surface area (Å²) in [5.74, 6) is 0.613. The van der Waals surface area contributed by atoms with Gasteiger partial charge in [0.05, 0.1) is 5.54 Å². The monoisotopic (exact) mass is 215 g/mol. The Morgan fingerprint density at radius 3 is 2.81 bits per heavy atom. The van der Waals surface area contributed by atoms with Gasteiger partial charge < -0.3 is 10.3 Å². The van der Waals surface area contributed by atoms with E-state index in [-0.39, 0.29) is 0 Å². The minimum atomic E-state index is -0.471. The van der Waals surface area contributed by atoms with Crippen LogP contribution in [0.2, 0.25) is 0 Å². The first-order chi connectivity index (χ1) is 7.78. The number of aryl methyl sites for hydroxylation is 1. The van der Waals surface area contributed by atoms with E-state index in [0.717, 1.165) is 19.3 Å². The topological polar surface area (TPSA) is 64.9 Å². The van der Waals surface area contributed by atoms with Crippen molar-refractivity contribution in [2.24, 2.45) is 5.73 Å². The molecular weight excluding hydrogens is 202 g/mol. The van der Waals surface area contributed by atoms with Gasteiger partial charge in [0.25, 0.3) is 0 Å². The Bertz CT molecular complexity index is 495. The number of benzene rings is 1. The highest BCUT2D eigenvalue weighted by Gasteiger charge is 2.35. The van der Waals surface area contributed by atoms with E-state index < -0.39 is 5.54 Å². The molecule has 0 spiro atoms. The molecule has 0 radical (unpaired) electrons. The first-order valence-corrected chi connectivity index (χ1v) is 5.40. The summed E-state index contributed by atoms with van der Waals surface area (Å²) >= 11 is 0. The highest BCUT2D eigenvalue weighted by Crippen LogP contribution is 2.32. The summed E-state index contributed by atoms with van der Waals surface area (Å²) in [6, 6.07) is 8.39. The average molecular weight is 215 g/mol. The lowest BCUT2D eigenvalue weighted by atomic mass is 9.78. The molecule has 1 aromatic heterocycles. The largest absolute Gasteiger partial charge is 0.343 e. The third kappa shape index (κ3) is 1.42. The lowest BCUT2D eigenvalue weighted by Crippen LogP contribution is -2.43. The molecule has 1 aliphatic carbocycles.